The molecule has 0 aliphatic heterocycles. The SMILES string of the molecule is CC(C)CNCc1oc2cc(F)c(Br)cc2c1CC(C)C. The maximum atomic E-state index is 13.7. The molecule has 4 heteroatoms. The topological polar surface area (TPSA) is 25.2 Å². The fourth-order valence-corrected chi connectivity index (χ4v) is 2.79. The third-order valence-corrected chi connectivity index (χ3v) is 3.98. The van der Waals surface area contributed by atoms with E-state index in [2.05, 4.69) is 48.9 Å². The number of hydrogen-bond donors (Lipinski definition) is 1. The number of benzene rings is 1. The van der Waals surface area contributed by atoms with Crippen LogP contribution in [0, 0.1) is 17.7 Å². The standard InChI is InChI=1S/C17H23BrFNO/c1-10(2)5-12-13-6-14(18)15(19)7-16(13)21-17(12)9-20-8-11(3)4/h6-7,10-11,20H,5,8-9H2,1-4H3. The van der Waals surface area contributed by atoms with Crippen molar-refractivity contribution in [2.45, 2.75) is 40.7 Å². The summed E-state index contributed by atoms with van der Waals surface area (Å²) >= 11 is 3.27. The van der Waals surface area contributed by atoms with E-state index in [1.54, 1.807) is 0 Å². The number of rotatable bonds is 6. The van der Waals surface area contributed by atoms with Gasteiger partial charge in [-0.1, -0.05) is 27.7 Å². The van der Waals surface area contributed by atoms with Gasteiger partial charge < -0.3 is 9.73 Å². The quantitative estimate of drug-likeness (QED) is 0.762. The first-order valence-electron chi connectivity index (χ1n) is 7.48. The van der Waals surface area contributed by atoms with Gasteiger partial charge in [0.05, 0.1) is 11.0 Å². The normalized spacial score (nSPS) is 12.0. The van der Waals surface area contributed by atoms with Crippen molar-refractivity contribution in [3.63, 3.8) is 0 Å². The molecule has 0 saturated carbocycles. The lowest BCUT2D eigenvalue weighted by molar-refractivity contribution is 0.475. The minimum atomic E-state index is -0.283. The van der Waals surface area contributed by atoms with Crippen LogP contribution in [-0.4, -0.2) is 6.54 Å². The maximum absolute atomic E-state index is 13.7. The Morgan fingerprint density at radius 2 is 1.90 bits per heavy atom. The third-order valence-electron chi connectivity index (χ3n) is 3.37. The molecular weight excluding hydrogens is 333 g/mol. The van der Waals surface area contributed by atoms with Crippen molar-refractivity contribution in [3.05, 3.63) is 33.7 Å². The molecule has 0 unspecified atom stereocenters. The van der Waals surface area contributed by atoms with Crippen molar-refractivity contribution in [3.8, 4) is 0 Å². The predicted octanol–water partition coefficient (Wildman–Crippen LogP) is 5.28. The highest BCUT2D eigenvalue weighted by Gasteiger charge is 2.17. The van der Waals surface area contributed by atoms with Gasteiger partial charge in [-0.3, -0.25) is 0 Å². The van der Waals surface area contributed by atoms with Crippen LogP contribution in [0.3, 0.4) is 0 Å². The molecule has 0 amide bonds. The van der Waals surface area contributed by atoms with Crippen LogP contribution in [-0.2, 0) is 13.0 Å². The fourth-order valence-electron chi connectivity index (χ4n) is 2.44. The molecule has 0 radical (unpaired) electrons. The molecule has 1 heterocycles. The molecule has 21 heavy (non-hydrogen) atoms. The lowest BCUT2D eigenvalue weighted by Gasteiger charge is -2.09. The molecule has 0 bridgehead atoms. The minimum Gasteiger partial charge on any atom is -0.459 e. The average molecular weight is 356 g/mol. The fraction of sp³-hybridized carbons (Fsp3) is 0.529. The average Bonchev–Trinajstić information content (AvgIpc) is 2.67. The molecule has 0 saturated heterocycles. The Morgan fingerprint density at radius 1 is 1.19 bits per heavy atom. The van der Waals surface area contributed by atoms with Crippen molar-refractivity contribution in [1.29, 1.82) is 0 Å². The summed E-state index contributed by atoms with van der Waals surface area (Å²) in [5.41, 5.74) is 1.82. The zero-order valence-electron chi connectivity index (χ0n) is 13.1. The van der Waals surface area contributed by atoms with Crippen molar-refractivity contribution in [2.75, 3.05) is 6.54 Å². The second-order valence-corrected chi connectivity index (χ2v) is 7.24. The number of hydrogen-bond acceptors (Lipinski definition) is 2. The highest BCUT2D eigenvalue weighted by Crippen LogP contribution is 2.32. The molecule has 116 valence electrons. The summed E-state index contributed by atoms with van der Waals surface area (Å²) in [6.07, 6.45) is 0.934. The Labute approximate surface area is 134 Å². The van der Waals surface area contributed by atoms with E-state index >= 15 is 0 Å². The van der Waals surface area contributed by atoms with E-state index in [4.69, 9.17) is 4.42 Å². The van der Waals surface area contributed by atoms with Crippen LogP contribution in [0.1, 0.15) is 39.0 Å². The Balaban J connectivity index is 2.37. The van der Waals surface area contributed by atoms with Gasteiger partial charge in [0, 0.05) is 17.0 Å². The number of halogens is 2. The predicted molar refractivity (Wildman–Crippen MR) is 89.0 cm³/mol. The maximum Gasteiger partial charge on any atom is 0.141 e. The second kappa shape index (κ2) is 6.93. The van der Waals surface area contributed by atoms with Gasteiger partial charge in [0.15, 0.2) is 0 Å². The highest BCUT2D eigenvalue weighted by molar-refractivity contribution is 9.10. The van der Waals surface area contributed by atoms with Crippen LogP contribution < -0.4 is 5.32 Å². The van der Waals surface area contributed by atoms with Gasteiger partial charge >= 0.3 is 0 Å². The summed E-state index contributed by atoms with van der Waals surface area (Å²) in [4.78, 5) is 0. The van der Waals surface area contributed by atoms with Crippen molar-refractivity contribution < 1.29 is 8.81 Å². The molecule has 0 spiro atoms. The summed E-state index contributed by atoms with van der Waals surface area (Å²) in [5, 5.41) is 4.42. The van der Waals surface area contributed by atoms with Crippen LogP contribution in [0.4, 0.5) is 4.39 Å². The monoisotopic (exact) mass is 355 g/mol. The molecule has 0 aliphatic rings. The van der Waals surface area contributed by atoms with Gasteiger partial charge in [0.1, 0.15) is 17.2 Å². The van der Waals surface area contributed by atoms with E-state index in [1.165, 1.54) is 11.6 Å². The Kier molecular flexibility index (Phi) is 5.44. The molecule has 0 aliphatic carbocycles. The zero-order chi connectivity index (χ0) is 15.6. The highest BCUT2D eigenvalue weighted by atomic mass is 79.9. The van der Waals surface area contributed by atoms with Crippen molar-refractivity contribution in [2.24, 2.45) is 11.8 Å². The summed E-state index contributed by atoms with van der Waals surface area (Å²) in [6.45, 7) is 10.3. The largest absolute Gasteiger partial charge is 0.459 e. The van der Waals surface area contributed by atoms with E-state index < -0.39 is 0 Å². The third kappa shape index (κ3) is 4.07. The molecule has 0 atom stereocenters. The molecule has 0 fully saturated rings. The molecule has 1 N–H and O–H groups in total. The molecule has 2 rings (SSSR count). The van der Waals surface area contributed by atoms with Gasteiger partial charge in [0.25, 0.3) is 0 Å². The molecule has 1 aromatic carbocycles. The van der Waals surface area contributed by atoms with Crippen LogP contribution in [0.15, 0.2) is 21.0 Å². The molecule has 2 aromatic rings. The number of furan rings is 1. The van der Waals surface area contributed by atoms with Gasteiger partial charge in [0.2, 0.25) is 0 Å². The lowest BCUT2D eigenvalue weighted by Crippen LogP contribution is -2.19. The van der Waals surface area contributed by atoms with Crippen molar-refractivity contribution >= 4 is 26.9 Å². The van der Waals surface area contributed by atoms with Crippen LogP contribution in [0.2, 0.25) is 0 Å². The number of fused-ring (bicyclic) bond motifs is 1. The first kappa shape index (κ1) is 16.5. The van der Waals surface area contributed by atoms with Crippen molar-refractivity contribution in [1.82, 2.24) is 5.32 Å². The van der Waals surface area contributed by atoms with Crippen LogP contribution in [0.25, 0.3) is 11.0 Å². The Morgan fingerprint density at radius 3 is 2.52 bits per heavy atom. The van der Waals surface area contributed by atoms with E-state index in [0.717, 1.165) is 24.1 Å². The first-order chi connectivity index (χ1) is 9.88. The molecule has 2 nitrogen and oxygen atoms in total. The first-order valence-corrected chi connectivity index (χ1v) is 8.27. The minimum absolute atomic E-state index is 0.283. The summed E-state index contributed by atoms with van der Waals surface area (Å²) in [7, 11) is 0. The van der Waals surface area contributed by atoms with Gasteiger partial charge in [-0.2, -0.15) is 0 Å². The van der Waals surface area contributed by atoms with Gasteiger partial charge in [-0.15, -0.1) is 0 Å². The Bertz CT molecular complexity index is 619. The van der Waals surface area contributed by atoms with E-state index in [0.29, 0.717) is 28.4 Å². The second-order valence-electron chi connectivity index (χ2n) is 6.39. The van der Waals surface area contributed by atoms with Crippen LogP contribution in [0.5, 0.6) is 0 Å². The Hall–Kier alpha value is -0.870. The summed E-state index contributed by atoms with van der Waals surface area (Å²) in [5.74, 6) is 1.76. The molecular formula is C17H23BrFNO. The van der Waals surface area contributed by atoms with E-state index in [-0.39, 0.29) is 5.82 Å². The molecule has 1 aromatic heterocycles. The van der Waals surface area contributed by atoms with Gasteiger partial charge in [-0.05, 0) is 46.8 Å². The summed E-state index contributed by atoms with van der Waals surface area (Å²) < 4.78 is 20.1. The summed E-state index contributed by atoms with van der Waals surface area (Å²) in [6, 6.07) is 3.30. The van der Waals surface area contributed by atoms with E-state index in [9.17, 15) is 4.39 Å². The lowest BCUT2D eigenvalue weighted by atomic mass is 9.99. The van der Waals surface area contributed by atoms with E-state index in [1.807, 2.05) is 6.07 Å². The number of nitrogens with one attached hydrogen (secondary N) is 1. The van der Waals surface area contributed by atoms with Crippen LogP contribution >= 0.6 is 15.9 Å². The smallest absolute Gasteiger partial charge is 0.141 e. The van der Waals surface area contributed by atoms with Gasteiger partial charge in [-0.25, -0.2) is 4.39 Å². The zero-order valence-corrected chi connectivity index (χ0v) is 14.7.